The second-order valence-electron chi connectivity index (χ2n) is 5.78. The van der Waals surface area contributed by atoms with Gasteiger partial charge >= 0.3 is 0 Å². The van der Waals surface area contributed by atoms with Crippen LogP contribution in [0.15, 0.2) is 53.5 Å². The topological polar surface area (TPSA) is 88.8 Å². The number of hydrogen-bond donors (Lipinski definition) is 2. The second-order valence-corrected chi connectivity index (χ2v) is 5.78. The average Bonchev–Trinajstić information content (AvgIpc) is 2.67. The van der Waals surface area contributed by atoms with E-state index in [0.29, 0.717) is 44.2 Å². The van der Waals surface area contributed by atoms with Gasteiger partial charge in [0.25, 0.3) is 5.69 Å². The number of guanidine groups is 1. The Bertz CT molecular complexity index is 766. The normalized spacial score (nSPS) is 11.3. The van der Waals surface area contributed by atoms with E-state index in [1.54, 1.807) is 37.4 Å². The highest BCUT2D eigenvalue weighted by Gasteiger charge is 2.05. The summed E-state index contributed by atoms with van der Waals surface area (Å²) in [5.41, 5.74) is 1.53. The zero-order valence-electron chi connectivity index (χ0n) is 15.2. The average molecular weight is 374 g/mol. The fraction of sp³-hybridized carbons (Fsp3) is 0.316. The van der Waals surface area contributed by atoms with Gasteiger partial charge in [-0.05, 0) is 23.6 Å². The minimum absolute atomic E-state index is 0.0455. The summed E-state index contributed by atoms with van der Waals surface area (Å²) in [4.78, 5) is 14.7. The standard InChI is InChI=1S/C19H23FN4O3/c1-27-13-12-22-19(21-11-10-16-4-2-3-5-18(16)20)23-14-15-6-8-17(9-7-15)24(25)26/h2-9H,10-14H2,1H3,(H2,21,22,23). The van der Waals surface area contributed by atoms with Crippen molar-refractivity contribution in [2.45, 2.75) is 13.0 Å². The van der Waals surface area contributed by atoms with Crippen LogP contribution in [-0.2, 0) is 17.7 Å². The molecule has 144 valence electrons. The number of non-ortho nitro benzene ring substituents is 1. The molecule has 0 unspecified atom stereocenters. The predicted molar refractivity (Wildman–Crippen MR) is 102 cm³/mol. The maximum Gasteiger partial charge on any atom is 0.269 e. The van der Waals surface area contributed by atoms with Crippen LogP contribution in [-0.4, -0.2) is 37.7 Å². The number of aliphatic imine (C=N–C) groups is 1. The van der Waals surface area contributed by atoms with Crippen molar-refractivity contribution in [2.75, 3.05) is 26.8 Å². The molecule has 0 spiro atoms. The number of methoxy groups -OCH3 is 1. The SMILES string of the molecule is COCCNC(=NCc1ccc([N+](=O)[O-])cc1)NCCc1ccccc1F. The molecule has 2 N–H and O–H groups in total. The van der Waals surface area contributed by atoms with Gasteiger partial charge in [-0.1, -0.05) is 30.3 Å². The third-order valence-corrected chi connectivity index (χ3v) is 3.81. The summed E-state index contributed by atoms with van der Waals surface area (Å²) in [6.45, 7) is 1.97. The molecule has 8 heteroatoms. The molecule has 0 saturated carbocycles. The minimum Gasteiger partial charge on any atom is -0.383 e. The Hall–Kier alpha value is -3.00. The van der Waals surface area contributed by atoms with Crippen molar-refractivity contribution in [1.82, 2.24) is 10.6 Å². The zero-order valence-corrected chi connectivity index (χ0v) is 15.2. The monoisotopic (exact) mass is 374 g/mol. The molecular formula is C19H23FN4O3. The minimum atomic E-state index is -0.435. The fourth-order valence-electron chi connectivity index (χ4n) is 2.36. The lowest BCUT2D eigenvalue weighted by Gasteiger charge is -2.13. The first-order chi connectivity index (χ1) is 13.1. The first-order valence-electron chi connectivity index (χ1n) is 8.58. The van der Waals surface area contributed by atoms with E-state index in [1.807, 2.05) is 0 Å². The molecular weight excluding hydrogens is 351 g/mol. The lowest BCUT2D eigenvalue weighted by atomic mass is 10.1. The summed E-state index contributed by atoms with van der Waals surface area (Å²) < 4.78 is 18.7. The summed E-state index contributed by atoms with van der Waals surface area (Å²) in [5, 5.41) is 17.0. The molecule has 0 heterocycles. The predicted octanol–water partition coefficient (Wildman–Crippen LogP) is 2.66. The number of nitrogens with one attached hydrogen (secondary N) is 2. The third-order valence-electron chi connectivity index (χ3n) is 3.81. The molecule has 0 aliphatic carbocycles. The van der Waals surface area contributed by atoms with Crippen molar-refractivity contribution in [2.24, 2.45) is 4.99 Å². The highest BCUT2D eigenvalue weighted by Crippen LogP contribution is 2.12. The van der Waals surface area contributed by atoms with Crippen LogP contribution >= 0.6 is 0 Å². The van der Waals surface area contributed by atoms with Crippen LogP contribution in [0.3, 0.4) is 0 Å². The lowest BCUT2D eigenvalue weighted by Crippen LogP contribution is -2.40. The van der Waals surface area contributed by atoms with Crippen LogP contribution in [0.25, 0.3) is 0 Å². The smallest absolute Gasteiger partial charge is 0.269 e. The third kappa shape index (κ3) is 7.02. The van der Waals surface area contributed by atoms with E-state index < -0.39 is 4.92 Å². The van der Waals surface area contributed by atoms with Gasteiger partial charge in [-0.25, -0.2) is 9.38 Å². The van der Waals surface area contributed by atoms with Gasteiger partial charge < -0.3 is 15.4 Å². The molecule has 0 bridgehead atoms. The molecule has 0 aliphatic rings. The first-order valence-corrected chi connectivity index (χ1v) is 8.58. The molecule has 0 aliphatic heterocycles. The Labute approximate surface area is 157 Å². The number of nitrogens with zero attached hydrogens (tertiary/aromatic N) is 2. The maximum atomic E-state index is 13.7. The van der Waals surface area contributed by atoms with Gasteiger partial charge in [0, 0.05) is 32.3 Å². The van der Waals surface area contributed by atoms with Crippen molar-refractivity contribution >= 4 is 11.6 Å². The summed E-state index contributed by atoms with van der Waals surface area (Å²) in [7, 11) is 1.61. The first kappa shape index (κ1) is 20.3. The van der Waals surface area contributed by atoms with Crippen LogP contribution in [0, 0.1) is 15.9 Å². The largest absolute Gasteiger partial charge is 0.383 e. The molecule has 2 aromatic rings. The second kappa shape index (κ2) is 10.9. The number of hydrogen-bond acceptors (Lipinski definition) is 4. The van der Waals surface area contributed by atoms with Crippen molar-refractivity contribution in [3.05, 3.63) is 75.6 Å². The number of ether oxygens (including phenoxy) is 1. The van der Waals surface area contributed by atoms with E-state index in [2.05, 4.69) is 15.6 Å². The van der Waals surface area contributed by atoms with Crippen molar-refractivity contribution in [3.63, 3.8) is 0 Å². The van der Waals surface area contributed by atoms with E-state index in [9.17, 15) is 14.5 Å². The molecule has 0 aromatic heterocycles. The van der Waals surface area contributed by atoms with Gasteiger partial charge in [-0.3, -0.25) is 10.1 Å². The number of benzene rings is 2. The Morgan fingerprint density at radius 1 is 1.15 bits per heavy atom. The van der Waals surface area contributed by atoms with Crippen LogP contribution in [0.1, 0.15) is 11.1 Å². The van der Waals surface area contributed by atoms with Crippen molar-refractivity contribution < 1.29 is 14.1 Å². The molecule has 0 saturated heterocycles. The van der Waals surface area contributed by atoms with Gasteiger partial charge in [0.15, 0.2) is 5.96 Å². The zero-order chi connectivity index (χ0) is 19.5. The van der Waals surface area contributed by atoms with E-state index in [1.165, 1.54) is 18.2 Å². The van der Waals surface area contributed by atoms with Crippen LogP contribution in [0.2, 0.25) is 0 Å². The Kier molecular flexibility index (Phi) is 8.18. The van der Waals surface area contributed by atoms with E-state index >= 15 is 0 Å². The summed E-state index contributed by atoms with van der Waals surface area (Å²) in [6, 6.07) is 12.9. The molecule has 7 nitrogen and oxygen atoms in total. The van der Waals surface area contributed by atoms with Crippen LogP contribution in [0.4, 0.5) is 10.1 Å². The van der Waals surface area contributed by atoms with E-state index in [0.717, 1.165) is 5.56 Å². The molecule has 2 aromatic carbocycles. The van der Waals surface area contributed by atoms with Gasteiger partial charge in [0.2, 0.25) is 0 Å². The molecule has 0 radical (unpaired) electrons. The van der Waals surface area contributed by atoms with E-state index in [4.69, 9.17) is 4.74 Å². The van der Waals surface area contributed by atoms with Gasteiger partial charge in [0.05, 0.1) is 18.1 Å². The highest BCUT2D eigenvalue weighted by atomic mass is 19.1. The quantitative estimate of drug-likeness (QED) is 0.232. The van der Waals surface area contributed by atoms with Crippen LogP contribution < -0.4 is 10.6 Å². The number of rotatable bonds is 9. The molecule has 2 rings (SSSR count). The van der Waals surface area contributed by atoms with Crippen molar-refractivity contribution in [1.29, 1.82) is 0 Å². The van der Waals surface area contributed by atoms with Gasteiger partial charge in [0.1, 0.15) is 5.82 Å². The van der Waals surface area contributed by atoms with Crippen LogP contribution in [0.5, 0.6) is 0 Å². The lowest BCUT2D eigenvalue weighted by molar-refractivity contribution is -0.384. The summed E-state index contributed by atoms with van der Waals surface area (Å²) >= 11 is 0. The maximum absolute atomic E-state index is 13.7. The number of halogens is 1. The molecule has 0 atom stereocenters. The Balaban J connectivity index is 1.94. The van der Waals surface area contributed by atoms with Gasteiger partial charge in [-0.15, -0.1) is 0 Å². The fourth-order valence-corrected chi connectivity index (χ4v) is 2.36. The number of nitro benzene ring substituents is 1. The molecule has 0 fully saturated rings. The summed E-state index contributed by atoms with van der Waals surface area (Å²) in [6.07, 6.45) is 0.523. The number of nitro groups is 1. The molecule has 27 heavy (non-hydrogen) atoms. The van der Waals surface area contributed by atoms with E-state index in [-0.39, 0.29) is 11.5 Å². The highest BCUT2D eigenvalue weighted by molar-refractivity contribution is 5.79. The molecule has 0 amide bonds. The Morgan fingerprint density at radius 2 is 1.85 bits per heavy atom. The summed E-state index contributed by atoms with van der Waals surface area (Å²) in [5.74, 6) is 0.345. The van der Waals surface area contributed by atoms with Gasteiger partial charge in [-0.2, -0.15) is 0 Å². The Morgan fingerprint density at radius 3 is 2.52 bits per heavy atom. The van der Waals surface area contributed by atoms with Crippen molar-refractivity contribution in [3.8, 4) is 0 Å².